The summed E-state index contributed by atoms with van der Waals surface area (Å²) in [5, 5.41) is 19.6. The van der Waals surface area contributed by atoms with Crippen LogP contribution in [-0.4, -0.2) is 30.0 Å². The molecule has 0 bridgehead atoms. The second kappa shape index (κ2) is 8.60. The number of halogens is 1. The van der Waals surface area contributed by atoms with Gasteiger partial charge in [-0.1, -0.05) is 29.8 Å². The molecule has 2 aromatic carbocycles. The van der Waals surface area contributed by atoms with Gasteiger partial charge in [0.2, 0.25) is 0 Å². The Labute approximate surface area is 153 Å². The van der Waals surface area contributed by atoms with Crippen molar-refractivity contribution >= 4 is 34.9 Å². The van der Waals surface area contributed by atoms with E-state index in [2.05, 4.69) is 0 Å². The third-order valence-electron chi connectivity index (χ3n) is 3.30. The molecule has 132 valence electrons. The highest BCUT2D eigenvalue weighted by Gasteiger charge is 2.20. The Morgan fingerprint density at radius 3 is 2.54 bits per heavy atom. The first-order valence-corrected chi connectivity index (χ1v) is 7.65. The number of carbonyl (C=O) groups is 2. The summed E-state index contributed by atoms with van der Waals surface area (Å²) in [6, 6.07) is 13.7. The third kappa shape index (κ3) is 4.55. The summed E-state index contributed by atoms with van der Waals surface area (Å²) in [6.45, 7) is -0.835. The quantitative estimate of drug-likeness (QED) is 0.333. The highest BCUT2D eigenvalue weighted by molar-refractivity contribution is 6.32. The van der Waals surface area contributed by atoms with Gasteiger partial charge in [-0.2, -0.15) is 5.26 Å². The van der Waals surface area contributed by atoms with Gasteiger partial charge in [0.15, 0.2) is 6.61 Å². The smallest absolute Gasteiger partial charge is 0.338 e. The Kier molecular flexibility index (Phi) is 6.25. The van der Waals surface area contributed by atoms with Crippen LogP contribution in [0.3, 0.4) is 0 Å². The van der Waals surface area contributed by atoms with E-state index in [1.807, 2.05) is 6.07 Å². The summed E-state index contributed by atoms with van der Waals surface area (Å²) in [7, 11) is 0. The van der Waals surface area contributed by atoms with Crippen LogP contribution in [-0.2, 0) is 9.53 Å². The van der Waals surface area contributed by atoms with Crippen molar-refractivity contribution in [1.29, 1.82) is 5.26 Å². The predicted octanol–water partition coefficient (Wildman–Crippen LogP) is 2.96. The number of amides is 1. The second-order valence-corrected chi connectivity index (χ2v) is 5.38. The predicted molar refractivity (Wildman–Crippen MR) is 92.8 cm³/mol. The third-order valence-corrected chi connectivity index (χ3v) is 3.62. The van der Waals surface area contributed by atoms with Gasteiger partial charge in [0.25, 0.3) is 11.6 Å². The fraction of sp³-hybridized carbons (Fsp3) is 0.118. The van der Waals surface area contributed by atoms with Crippen LogP contribution in [0.2, 0.25) is 5.02 Å². The van der Waals surface area contributed by atoms with Crippen LogP contribution in [0, 0.1) is 21.4 Å². The van der Waals surface area contributed by atoms with Crippen LogP contribution in [0.4, 0.5) is 11.4 Å². The molecule has 0 N–H and O–H groups in total. The lowest BCUT2D eigenvalue weighted by Gasteiger charge is -2.19. The highest BCUT2D eigenvalue weighted by atomic mass is 35.5. The minimum absolute atomic E-state index is 0.111. The van der Waals surface area contributed by atoms with Crippen molar-refractivity contribution in [3.63, 3.8) is 0 Å². The number of anilines is 1. The molecule has 0 fully saturated rings. The first kappa shape index (κ1) is 18.9. The second-order valence-electron chi connectivity index (χ2n) is 4.97. The molecule has 0 aliphatic heterocycles. The van der Waals surface area contributed by atoms with E-state index < -0.39 is 29.1 Å². The van der Waals surface area contributed by atoms with E-state index in [-0.39, 0.29) is 17.1 Å². The fourth-order valence-corrected chi connectivity index (χ4v) is 2.26. The molecular weight excluding hydrogens is 362 g/mol. The molecule has 0 unspecified atom stereocenters. The Hall–Kier alpha value is -3.44. The molecule has 0 saturated carbocycles. The van der Waals surface area contributed by atoms with E-state index in [1.165, 1.54) is 12.1 Å². The van der Waals surface area contributed by atoms with Crippen LogP contribution in [0.15, 0.2) is 48.5 Å². The minimum atomic E-state index is -0.914. The molecule has 26 heavy (non-hydrogen) atoms. The summed E-state index contributed by atoms with van der Waals surface area (Å²) in [4.78, 5) is 35.6. The molecule has 2 rings (SSSR count). The standard InChI is InChI=1S/C17H12ClN3O5/c18-14-7-6-12(10-15(14)21(24)25)17(23)26-11-16(22)20(9-8-19)13-4-2-1-3-5-13/h1-7,10H,9,11H2. The lowest BCUT2D eigenvalue weighted by Crippen LogP contribution is -2.35. The molecule has 0 radical (unpaired) electrons. The molecule has 0 aliphatic carbocycles. The molecule has 2 aromatic rings. The largest absolute Gasteiger partial charge is 0.452 e. The van der Waals surface area contributed by atoms with Crippen LogP contribution < -0.4 is 4.90 Å². The fourth-order valence-electron chi connectivity index (χ4n) is 2.07. The Morgan fingerprint density at radius 2 is 1.92 bits per heavy atom. The van der Waals surface area contributed by atoms with Gasteiger partial charge in [-0.15, -0.1) is 0 Å². The molecule has 0 aliphatic rings. The number of nitrogens with zero attached hydrogens (tertiary/aromatic N) is 3. The van der Waals surface area contributed by atoms with Crippen molar-refractivity contribution in [3.05, 3.63) is 69.2 Å². The summed E-state index contributed by atoms with van der Waals surface area (Å²) in [5.41, 5.74) is -0.0690. The van der Waals surface area contributed by atoms with Gasteiger partial charge in [-0.25, -0.2) is 4.79 Å². The molecule has 9 heteroatoms. The van der Waals surface area contributed by atoms with Gasteiger partial charge in [0.1, 0.15) is 11.6 Å². The van der Waals surface area contributed by atoms with Crippen LogP contribution >= 0.6 is 11.6 Å². The van der Waals surface area contributed by atoms with E-state index in [0.29, 0.717) is 5.69 Å². The number of para-hydroxylation sites is 1. The van der Waals surface area contributed by atoms with Gasteiger partial charge < -0.3 is 4.74 Å². The zero-order chi connectivity index (χ0) is 19.1. The van der Waals surface area contributed by atoms with Crippen molar-refractivity contribution in [2.45, 2.75) is 0 Å². The number of benzene rings is 2. The zero-order valence-corrected chi connectivity index (χ0v) is 14.0. The molecule has 8 nitrogen and oxygen atoms in total. The number of hydrogen-bond acceptors (Lipinski definition) is 6. The van der Waals surface area contributed by atoms with Crippen LogP contribution in [0.1, 0.15) is 10.4 Å². The number of ether oxygens (including phenoxy) is 1. The van der Waals surface area contributed by atoms with E-state index in [4.69, 9.17) is 21.6 Å². The zero-order valence-electron chi connectivity index (χ0n) is 13.3. The lowest BCUT2D eigenvalue weighted by atomic mass is 10.2. The molecule has 0 atom stereocenters. The Morgan fingerprint density at radius 1 is 1.23 bits per heavy atom. The number of esters is 1. The monoisotopic (exact) mass is 373 g/mol. The average molecular weight is 374 g/mol. The van der Waals surface area contributed by atoms with Gasteiger partial charge in [0.05, 0.1) is 16.6 Å². The number of nitriles is 1. The van der Waals surface area contributed by atoms with Crippen molar-refractivity contribution in [2.75, 3.05) is 18.1 Å². The maximum absolute atomic E-state index is 12.3. The summed E-state index contributed by atoms with van der Waals surface area (Å²) >= 11 is 5.68. The first-order valence-electron chi connectivity index (χ1n) is 7.27. The SMILES string of the molecule is N#CCN(C(=O)COC(=O)c1ccc(Cl)c([N+](=O)[O-])c1)c1ccccc1. The number of nitro groups is 1. The first-order chi connectivity index (χ1) is 12.4. The van der Waals surface area contributed by atoms with E-state index in [1.54, 1.807) is 30.3 Å². The average Bonchev–Trinajstić information content (AvgIpc) is 2.64. The van der Waals surface area contributed by atoms with E-state index in [0.717, 1.165) is 11.0 Å². The maximum Gasteiger partial charge on any atom is 0.338 e. The van der Waals surface area contributed by atoms with Gasteiger partial charge in [-0.3, -0.25) is 19.8 Å². The molecular formula is C17H12ClN3O5. The summed E-state index contributed by atoms with van der Waals surface area (Å²) in [6.07, 6.45) is 0. The number of hydrogen-bond donors (Lipinski definition) is 0. The van der Waals surface area contributed by atoms with Gasteiger partial charge >= 0.3 is 5.97 Å². The Bertz CT molecular complexity index is 880. The molecule has 0 aromatic heterocycles. The summed E-state index contributed by atoms with van der Waals surface area (Å²) < 4.78 is 4.91. The van der Waals surface area contributed by atoms with E-state index in [9.17, 15) is 19.7 Å². The number of nitro benzene ring substituents is 1. The topological polar surface area (TPSA) is 114 Å². The number of carbonyl (C=O) groups excluding carboxylic acids is 2. The molecule has 1 amide bonds. The molecule has 0 heterocycles. The van der Waals surface area contributed by atoms with Gasteiger partial charge in [0, 0.05) is 11.8 Å². The summed E-state index contributed by atoms with van der Waals surface area (Å²) in [5.74, 6) is -1.52. The van der Waals surface area contributed by atoms with Gasteiger partial charge in [-0.05, 0) is 24.3 Å². The normalized spacial score (nSPS) is 9.85. The van der Waals surface area contributed by atoms with Crippen LogP contribution in [0.5, 0.6) is 0 Å². The van der Waals surface area contributed by atoms with Crippen LogP contribution in [0.25, 0.3) is 0 Å². The number of rotatable bonds is 6. The molecule has 0 saturated heterocycles. The van der Waals surface area contributed by atoms with E-state index >= 15 is 0 Å². The highest BCUT2D eigenvalue weighted by Crippen LogP contribution is 2.25. The van der Waals surface area contributed by atoms with Crippen molar-refractivity contribution in [3.8, 4) is 6.07 Å². The van der Waals surface area contributed by atoms with Crippen molar-refractivity contribution in [2.24, 2.45) is 0 Å². The lowest BCUT2D eigenvalue weighted by molar-refractivity contribution is -0.384. The van der Waals surface area contributed by atoms with Crippen molar-refractivity contribution in [1.82, 2.24) is 0 Å². The minimum Gasteiger partial charge on any atom is -0.452 e. The Balaban J connectivity index is 2.08. The maximum atomic E-state index is 12.3. The van der Waals surface area contributed by atoms with Crippen molar-refractivity contribution < 1.29 is 19.2 Å². The molecule has 0 spiro atoms.